The van der Waals surface area contributed by atoms with Gasteiger partial charge in [-0.25, -0.2) is 8.42 Å². The molecule has 0 bridgehead atoms. The van der Waals surface area contributed by atoms with Crippen molar-refractivity contribution in [1.29, 1.82) is 0 Å². The first-order chi connectivity index (χ1) is 15.3. The SMILES string of the molecule is CCN(CC)c1ccc(CNC(=O)c2cc(S(=O)(=O)N3CCC(C)CC3)ccc2Cl)cc1. The van der Waals surface area contributed by atoms with Crippen LogP contribution in [0.2, 0.25) is 5.02 Å². The summed E-state index contributed by atoms with van der Waals surface area (Å²) in [5.41, 5.74) is 2.26. The molecule has 1 N–H and O–H groups in total. The lowest BCUT2D eigenvalue weighted by Gasteiger charge is -2.29. The Morgan fingerprint density at radius 2 is 1.72 bits per heavy atom. The summed E-state index contributed by atoms with van der Waals surface area (Å²) in [6.07, 6.45) is 1.68. The third-order valence-electron chi connectivity index (χ3n) is 6.08. The third-order valence-corrected chi connectivity index (χ3v) is 8.31. The van der Waals surface area contributed by atoms with E-state index >= 15 is 0 Å². The van der Waals surface area contributed by atoms with Crippen molar-refractivity contribution in [3.8, 4) is 0 Å². The van der Waals surface area contributed by atoms with Crippen LogP contribution in [0.1, 0.15) is 49.5 Å². The Hall–Kier alpha value is -2.09. The van der Waals surface area contributed by atoms with Crippen LogP contribution in [0.5, 0.6) is 0 Å². The van der Waals surface area contributed by atoms with Gasteiger partial charge < -0.3 is 10.2 Å². The molecular formula is C24H32ClN3O3S. The third kappa shape index (κ3) is 5.63. The second-order valence-electron chi connectivity index (χ2n) is 8.25. The highest BCUT2D eigenvalue weighted by molar-refractivity contribution is 7.89. The molecular weight excluding hydrogens is 446 g/mol. The Morgan fingerprint density at radius 3 is 2.31 bits per heavy atom. The Balaban J connectivity index is 1.70. The molecule has 32 heavy (non-hydrogen) atoms. The molecule has 0 aromatic heterocycles. The van der Waals surface area contributed by atoms with E-state index < -0.39 is 15.9 Å². The zero-order valence-electron chi connectivity index (χ0n) is 19.0. The van der Waals surface area contributed by atoms with E-state index in [1.807, 2.05) is 24.3 Å². The number of hydrogen-bond acceptors (Lipinski definition) is 4. The van der Waals surface area contributed by atoms with Gasteiger partial charge in [-0.1, -0.05) is 30.7 Å². The number of sulfonamides is 1. The number of rotatable bonds is 8. The van der Waals surface area contributed by atoms with Gasteiger partial charge in [0.2, 0.25) is 10.0 Å². The van der Waals surface area contributed by atoms with Crippen molar-refractivity contribution in [1.82, 2.24) is 9.62 Å². The number of nitrogens with zero attached hydrogens (tertiary/aromatic N) is 2. The summed E-state index contributed by atoms with van der Waals surface area (Å²) in [6.45, 7) is 9.54. The first-order valence-electron chi connectivity index (χ1n) is 11.2. The van der Waals surface area contributed by atoms with Gasteiger partial charge in [0.15, 0.2) is 0 Å². The van der Waals surface area contributed by atoms with E-state index in [1.165, 1.54) is 22.5 Å². The maximum atomic E-state index is 13.0. The van der Waals surface area contributed by atoms with E-state index in [-0.39, 0.29) is 15.5 Å². The van der Waals surface area contributed by atoms with Crippen LogP contribution < -0.4 is 10.2 Å². The largest absolute Gasteiger partial charge is 0.372 e. The molecule has 1 saturated heterocycles. The molecule has 1 fully saturated rings. The Kier molecular flexibility index (Phi) is 8.20. The van der Waals surface area contributed by atoms with Crippen LogP contribution in [0.25, 0.3) is 0 Å². The van der Waals surface area contributed by atoms with Crippen LogP contribution in [-0.2, 0) is 16.6 Å². The molecule has 0 radical (unpaired) electrons. The van der Waals surface area contributed by atoms with Crippen LogP contribution in [0, 0.1) is 5.92 Å². The van der Waals surface area contributed by atoms with Gasteiger partial charge >= 0.3 is 0 Å². The molecule has 2 aromatic carbocycles. The molecule has 0 aliphatic carbocycles. The molecule has 0 saturated carbocycles. The number of benzene rings is 2. The van der Waals surface area contributed by atoms with E-state index in [1.54, 1.807) is 0 Å². The van der Waals surface area contributed by atoms with Gasteiger partial charge in [0.25, 0.3) is 5.91 Å². The van der Waals surface area contributed by atoms with Gasteiger partial charge in [0, 0.05) is 38.4 Å². The maximum Gasteiger partial charge on any atom is 0.253 e. The van der Waals surface area contributed by atoms with Gasteiger partial charge in [-0.15, -0.1) is 0 Å². The number of amides is 1. The number of hydrogen-bond donors (Lipinski definition) is 1. The molecule has 174 valence electrons. The van der Waals surface area contributed by atoms with Crippen LogP contribution in [0.4, 0.5) is 5.69 Å². The average molecular weight is 478 g/mol. The number of carbonyl (C=O) groups excluding carboxylic acids is 1. The van der Waals surface area contributed by atoms with Crippen molar-refractivity contribution >= 4 is 33.2 Å². The smallest absolute Gasteiger partial charge is 0.253 e. The predicted octanol–water partition coefficient (Wildman–Crippen LogP) is 4.54. The Morgan fingerprint density at radius 1 is 1.09 bits per heavy atom. The van der Waals surface area contributed by atoms with Gasteiger partial charge in [-0.05, 0) is 68.5 Å². The summed E-state index contributed by atoms with van der Waals surface area (Å²) in [6, 6.07) is 12.4. The number of halogens is 1. The van der Waals surface area contributed by atoms with Gasteiger partial charge in [0.05, 0.1) is 15.5 Å². The second-order valence-corrected chi connectivity index (χ2v) is 10.6. The van der Waals surface area contributed by atoms with Gasteiger partial charge in [-0.2, -0.15) is 4.31 Å². The molecule has 1 heterocycles. The Bertz CT molecular complexity index is 1030. The highest BCUT2D eigenvalue weighted by Gasteiger charge is 2.29. The maximum absolute atomic E-state index is 13.0. The van der Waals surface area contributed by atoms with Crippen molar-refractivity contribution in [2.45, 2.75) is 45.1 Å². The minimum Gasteiger partial charge on any atom is -0.372 e. The first kappa shape index (κ1) is 24.6. The fraction of sp³-hybridized carbons (Fsp3) is 0.458. The van der Waals surface area contributed by atoms with Crippen LogP contribution >= 0.6 is 11.6 Å². The highest BCUT2D eigenvalue weighted by Crippen LogP contribution is 2.26. The second kappa shape index (κ2) is 10.7. The van der Waals surface area contributed by atoms with Gasteiger partial charge in [0.1, 0.15) is 0 Å². The summed E-state index contributed by atoms with van der Waals surface area (Å²) in [5, 5.41) is 3.08. The molecule has 0 unspecified atom stereocenters. The van der Waals surface area contributed by atoms with E-state index in [0.717, 1.165) is 37.2 Å². The summed E-state index contributed by atoms with van der Waals surface area (Å²) in [5.74, 6) is 0.126. The Labute approximate surface area is 196 Å². The van der Waals surface area contributed by atoms with Crippen molar-refractivity contribution in [3.63, 3.8) is 0 Å². The van der Waals surface area contributed by atoms with Crippen LogP contribution in [0.3, 0.4) is 0 Å². The molecule has 6 nitrogen and oxygen atoms in total. The number of carbonyl (C=O) groups is 1. The molecule has 3 rings (SSSR count). The lowest BCUT2D eigenvalue weighted by molar-refractivity contribution is 0.0951. The van der Waals surface area contributed by atoms with Crippen molar-refractivity contribution in [2.24, 2.45) is 5.92 Å². The average Bonchev–Trinajstić information content (AvgIpc) is 2.79. The molecule has 8 heteroatoms. The summed E-state index contributed by atoms with van der Waals surface area (Å²) < 4.78 is 27.6. The summed E-state index contributed by atoms with van der Waals surface area (Å²) in [7, 11) is -3.65. The lowest BCUT2D eigenvalue weighted by atomic mass is 10.0. The van der Waals surface area contributed by atoms with Crippen molar-refractivity contribution < 1.29 is 13.2 Å². The topological polar surface area (TPSA) is 69.7 Å². The molecule has 1 aliphatic rings. The molecule has 0 spiro atoms. The molecule has 1 amide bonds. The number of piperidine rings is 1. The van der Waals surface area contributed by atoms with Crippen LogP contribution in [0.15, 0.2) is 47.4 Å². The normalized spacial score (nSPS) is 15.5. The fourth-order valence-electron chi connectivity index (χ4n) is 3.90. The summed E-state index contributed by atoms with van der Waals surface area (Å²) >= 11 is 6.24. The number of nitrogens with one attached hydrogen (secondary N) is 1. The minimum absolute atomic E-state index is 0.102. The fourth-order valence-corrected chi connectivity index (χ4v) is 5.60. The molecule has 2 aromatic rings. The quantitative estimate of drug-likeness (QED) is 0.606. The van der Waals surface area contributed by atoms with E-state index in [0.29, 0.717) is 25.6 Å². The highest BCUT2D eigenvalue weighted by atomic mass is 35.5. The van der Waals surface area contributed by atoms with E-state index in [2.05, 4.69) is 31.0 Å². The molecule has 0 atom stereocenters. The zero-order valence-corrected chi connectivity index (χ0v) is 20.5. The lowest BCUT2D eigenvalue weighted by Crippen LogP contribution is -2.38. The summed E-state index contributed by atoms with van der Waals surface area (Å²) in [4.78, 5) is 15.1. The van der Waals surface area contributed by atoms with Crippen molar-refractivity contribution in [3.05, 3.63) is 58.6 Å². The van der Waals surface area contributed by atoms with Gasteiger partial charge in [-0.3, -0.25) is 4.79 Å². The van der Waals surface area contributed by atoms with Crippen molar-refractivity contribution in [2.75, 3.05) is 31.1 Å². The predicted molar refractivity (Wildman–Crippen MR) is 130 cm³/mol. The monoisotopic (exact) mass is 477 g/mol. The standard InChI is InChI=1S/C24H32ClN3O3S/c1-4-27(5-2)20-8-6-19(7-9-20)17-26-24(29)22-16-21(10-11-23(22)25)32(30,31)28-14-12-18(3)13-15-28/h6-11,16,18H,4-5,12-15,17H2,1-3H3,(H,26,29). The van der Waals surface area contributed by atoms with E-state index in [9.17, 15) is 13.2 Å². The zero-order chi connectivity index (χ0) is 23.3. The number of anilines is 1. The molecule has 1 aliphatic heterocycles. The minimum atomic E-state index is -3.65. The first-order valence-corrected chi connectivity index (χ1v) is 13.0. The van der Waals surface area contributed by atoms with E-state index in [4.69, 9.17) is 11.6 Å². The van der Waals surface area contributed by atoms with Crippen LogP contribution in [-0.4, -0.2) is 44.8 Å².